The lowest BCUT2D eigenvalue weighted by atomic mass is 10.2. The van der Waals surface area contributed by atoms with E-state index in [2.05, 4.69) is 52.8 Å². The number of aromatic nitrogens is 2. The average molecular weight is 383 g/mol. The summed E-state index contributed by atoms with van der Waals surface area (Å²) in [7, 11) is 1.73. The Kier molecular flexibility index (Phi) is 4.80. The molecule has 0 saturated carbocycles. The lowest BCUT2D eigenvalue weighted by Crippen LogP contribution is -2.21. The SMILES string of the molecule is CCCc1cc(=O)n(C)c(Nc2cccc(I)c2C)n1. The maximum absolute atomic E-state index is 12.0. The molecule has 0 spiro atoms. The van der Waals surface area contributed by atoms with Gasteiger partial charge in [-0.25, -0.2) is 4.98 Å². The molecule has 0 bridgehead atoms. The van der Waals surface area contributed by atoms with Crippen LogP contribution < -0.4 is 10.9 Å². The fourth-order valence-corrected chi connectivity index (χ4v) is 2.44. The van der Waals surface area contributed by atoms with Crippen LogP contribution >= 0.6 is 22.6 Å². The van der Waals surface area contributed by atoms with Gasteiger partial charge in [-0.05, 0) is 53.6 Å². The van der Waals surface area contributed by atoms with E-state index in [0.717, 1.165) is 29.8 Å². The molecule has 0 aliphatic carbocycles. The molecule has 106 valence electrons. The molecule has 1 heterocycles. The van der Waals surface area contributed by atoms with Crippen LogP contribution in [0.4, 0.5) is 11.6 Å². The van der Waals surface area contributed by atoms with Gasteiger partial charge in [0, 0.05) is 28.1 Å². The summed E-state index contributed by atoms with van der Waals surface area (Å²) in [6.07, 6.45) is 1.79. The second kappa shape index (κ2) is 6.39. The normalized spacial score (nSPS) is 10.6. The largest absolute Gasteiger partial charge is 0.325 e. The predicted octanol–water partition coefficient (Wildman–Crippen LogP) is 3.39. The highest BCUT2D eigenvalue weighted by Gasteiger charge is 2.08. The molecule has 5 heteroatoms. The Morgan fingerprint density at radius 2 is 2.15 bits per heavy atom. The third kappa shape index (κ3) is 3.20. The van der Waals surface area contributed by atoms with E-state index in [1.807, 2.05) is 12.1 Å². The molecule has 2 rings (SSSR count). The van der Waals surface area contributed by atoms with Gasteiger partial charge < -0.3 is 5.32 Å². The maximum atomic E-state index is 12.0. The highest BCUT2D eigenvalue weighted by atomic mass is 127. The van der Waals surface area contributed by atoms with Crippen LogP contribution in [0.1, 0.15) is 24.6 Å². The van der Waals surface area contributed by atoms with Crippen molar-refractivity contribution in [2.75, 3.05) is 5.32 Å². The third-order valence-electron chi connectivity index (χ3n) is 3.21. The fourth-order valence-electron chi connectivity index (χ4n) is 1.95. The van der Waals surface area contributed by atoms with Gasteiger partial charge in [0.1, 0.15) is 0 Å². The number of halogens is 1. The van der Waals surface area contributed by atoms with Crippen molar-refractivity contribution in [1.29, 1.82) is 0 Å². The van der Waals surface area contributed by atoms with Crippen LogP contribution in [-0.4, -0.2) is 9.55 Å². The van der Waals surface area contributed by atoms with Crippen molar-refractivity contribution in [3.63, 3.8) is 0 Å². The zero-order chi connectivity index (χ0) is 14.7. The number of nitrogens with zero attached hydrogens (tertiary/aromatic N) is 2. The Hall–Kier alpha value is -1.37. The molecule has 0 atom stereocenters. The predicted molar refractivity (Wildman–Crippen MR) is 90.7 cm³/mol. The van der Waals surface area contributed by atoms with Gasteiger partial charge in [-0.15, -0.1) is 0 Å². The summed E-state index contributed by atoms with van der Waals surface area (Å²) in [5, 5.41) is 3.27. The zero-order valence-corrected chi connectivity index (χ0v) is 14.1. The molecular weight excluding hydrogens is 365 g/mol. The van der Waals surface area contributed by atoms with E-state index in [0.29, 0.717) is 5.95 Å². The van der Waals surface area contributed by atoms with Gasteiger partial charge in [0.25, 0.3) is 5.56 Å². The molecule has 1 aromatic heterocycles. The van der Waals surface area contributed by atoms with Gasteiger partial charge in [-0.2, -0.15) is 0 Å². The van der Waals surface area contributed by atoms with Crippen molar-refractivity contribution in [2.24, 2.45) is 7.05 Å². The molecule has 4 nitrogen and oxygen atoms in total. The van der Waals surface area contributed by atoms with E-state index in [4.69, 9.17) is 0 Å². The quantitative estimate of drug-likeness (QED) is 0.824. The van der Waals surface area contributed by atoms with Crippen LogP contribution in [0.2, 0.25) is 0 Å². The van der Waals surface area contributed by atoms with Crippen molar-refractivity contribution < 1.29 is 0 Å². The Morgan fingerprint density at radius 1 is 1.40 bits per heavy atom. The molecule has 0 fully saturated rings. The van der Waals surface area contributed by atoms with Crippen LogP contribution in [0.5, 0.6) is 0 Å². The number of hydrogen-bond donors (Lipinski definition) is 1. The van der Waals surface area contributed by atoms with Crippen molar-refractivity contribution in [3.8, 4) is 0 Å². The standard InChI is InChI=1S/C15H18IN3O/c1-4-6-11-9-14(20)19(3)15(17-11)18-13-8-5-7-12(16)10(13)2/h5,7-9H,4,6H2,1-3H3,(H,17,18). The summed E-state index contributed by atoms with van der Waals surface area (Å²) in [6, 6.07) is 7.65. The fraction of sp³-hybridized carbons (Fsp3) is 0.333. The second-order valence-corrected chi connectivity index (χ2v) is 5.92. The van der Waals surface area contributed by atoms with E-state index >= 15 is 0 Å². The second-order valence-electron chi connectivity index (χ2n) is 4.76. The first-order valence-corrected chi connectivity index (χ1v) is 7.70. The van der Waals surface area contributed by atoms with E-state index in [9.17, 15) is 4.79 Å². The van der Waals surface area contributed by atoms with Gasteiger partial charge in [-0.3, -0.25) is 9.36 Å². The van der Waals surface area contributed by atoms with Crippen LogP contribution in [-0.2, 0) is 13.5 Å². The molecule has 0 amide bonds. The number of anilines is 2. The molecule has 0 unspecified atom stereocenters. The molecule has 0 radical (unpaired) electrons. The smallest absolute Gasteiger partial charge is 0.254 e. The van der Waals surface area contributed by atoms with Crippen LogP contribution in [0.3, 0.4) is 0 Å². The van der Waals surface area contributed by atoms with Gasteiger partial charge in [-0.1, -0.05) is 19.4 Å². The first-order valence-electron chi connectivity index (χ1n) is 6.62. The highest BCUT2D eigenvalue weighted by Crippen LogP contribution is 2.22. The first kappa shape index (κ1) is 15.0. The summed E-state index contributed by atoms with van der Waals surface area (Å²) in [4.78, 5) is 16.5. The molecule has 0 aliphatic heterocycles. The minimum Gasteiger partial charge on any atom is -0.325 e. The van der Waals surface area contributed by atoms with Crippen molar-refractivity contribution in [3.05, 3.63) is 49.4 Å². The van der Waals surface area contributed by atoms with Gasteiger partial charge in [0.05, 0.1) is 0 Å². The van der Waals surface area contributed by atoms with E-state index in [-0.39, 0.29) is 5.56 Å². The Morgan fingerprint density at radius 3 is 2.85 bits per heavy atom. The summed E-state index contributed by atoms with van der Waals surface area (Å²) in [5.74, 6) is 0.589. The molecule has 1 aromatic carbocycles. The molecule has 0 saturated heterocycles. The zero-order valence-electron chi connectivity index (χ0n) is 11.9. The Labute approximate surface area is 132 Å². The van der Waals surface area contributed by atoms with Crippen LogP contribution in [0.15, 0.2) is 29.1 Å². The van der Waals surface area contributed by atoms with Crippen molar-refractivity contribution in [1.82, 2.24) is 9.55 Å². The summed E-state index contributed by atoms with van der Waals surface area (Å²) in [5.41, 5.74) is 2.94. The molecular formula is C15H18IN3O. The highest BCUT2D eigenvalue weighted by molar-refractivity contribution is 14.1. The van der Waals surface area contributed by atoms with Gasteiger partial charge in [0.2, 0.25) is 5.95 Å². The monoisotopic (exact) mass is 383 g/mol. The van der Waals surface area contributed by atoms with E-state index in [1.165, 1.54) is 3.57 Å². The minimum absolute atomic E-state index is 0.0331. The number of rotatable bonds is 4. The minimum atomic E-state index is -0.0331. The molecule has 0 aliphatic rings. The van der Waals surface area contributed by atoms with Crippen LogP contribution in [0, 0.1) is 10.5 Å². The number of benzene rings is 1. The summed E-state index contributed by atoms with van der Waals surface area (Å²) >= 11 is 2.30. The summed E-state index contributed by atoms with van der Waals surface area (Å²) < 4.78 is 2.72. The maximum Gasteiger partial charge on any atom is 0.254 e. The molecule has 20 heavy (non-hydrogen) atoms. The lowest BCUT2D eigenvalue weighted by molar-refractivity contribution is 0.795. The Bertz CT molecular complexity index is 679. The molecule has 2 aromatic rings. The van der Waals surface area contributed by atoms with E-state index < -0.39 is 0 Å². The number of aryl methyl sites for hydroxylation is 1. The van der Waals surface area contributed by atoms with E-state index in [1.54, 1.807) is 17.7 Å². The van der Waals surface area contributed by atoms with Crippen molar-refractivity contribution in [2.45, 2.75) is 26.7 Å². The van der Waals surface area contributed by atoms with Gasteiger partial charge >= 0.3 is 0 Å². The molecule has 1 N–H and O–H groups in total. The topological polar surface area (TPSA) is 46.9 Å². The summed E-state index contributed by atoms with van der Waals surface area (Å²) in [6.45, 7) is 4.13. The third-order valence-corrected chi connectivity index (χ3v) is 4.38. The average Bonchev–Trinajstić information content (AvgIpc) is 2.41. The number of nitrogens with one attached hydrogen (secondary N) is 1. The van der Waals surface area contributed by atoms with Crippen LogP contribution in [0.25, 0.3) is 0 Å². The lowest BCUT2D eigenvalue weighted by Gasteiger charge is -2.13. The first-order chi connectivity index (χ1) is 9.52. The Balaban J connectivity index is 2.42. The number of hydrogen-bond acceptors (Lipinski definition) is 3. The van der Waals surface area contributed by atoms with Gasteiger partial charge in [0.15, 0.2) is 0 Å². The van der Waals surface area contributed by atoms with Crippen molar-refractivity contribution >= 4 is 34.2 Å².